The fraction of sp³-hybridized carbons (Fsp3) is 0.464. The normalized spacial score (nSPS) is 18.6. The SMILES string of the molecule is CCN1CCN(C(=O)C2CCN(Cc3cc4ccccc4n3Cc3cccc(Cl)c3)CC2)CC1. The number of benzene rings is 2. The van der Waals surface area contributed by atoms with Crippen molar-refractivity contribution in [3.8, 4) is 0 Å². The third-order valence-electron chi connectivity index (χ3n) is 7.58. The summed E-state index contributed by atoms with van der Waals surface area (Å²) in [6.45, 7) is 10.7. The minimum absolute atomic E-state index is 0.182. The lowest BCUT2D eigenvalue weighted by Crippen LogP contribution is -2.51. The minimum Gasteiger partial charge on any atom is -0.340 e. The number of piperazine rings is 1. The Labute approximate surface area is 207 Å². The molecular weight excluding hydrogens is 444 g/mol. The van der Waals surface area contributed by atoms with Crippen LogP contribution in [0.5, 0.6) is 0 Å². The fourth-order valence-corrected chi connectivity index (χ4v) is 5.73. The largest absolute Gasteiger partial charge is 0.340 e. The van der Waals surface area contributed by atoms with Crippen LogP contribution < -0.4 is 0 Å². The molecule has 3 aromatic rings. The van der Waals surface area contributed by atoms with Gasteiger partial charge in [0.1, 0.15) is 0 Å². The molecule has 0 atom stereocenters. The highest BCUT2D eigenvalue weighted by Crippen LogP contribution is 2.26. The van der Waals surface area contributed by atoms with Gasteiger partial charge in [0.25, 0.3) is 0 Å². The van der Waals surface area contributed by atoms with Gasteiger partial charge in [0, 0.05) is 61.4 Å². The molecule has 0 N–H and O–H groups in total. The maximum atomic E-state index is 13.1. The van der Waals surface area contributed by atoms with Crippen LogP contribution in [0.4, 0.5) is 0 Å². The zero-order valence-electron chi connectivity index (χ0n) is 20.1. The van der Waals surface area contributed by atoms with Gasteiger partial charge in [-0.2, -0.15) is 0 Å². The topological polar surface area (TPSA) is 31.7 Å². The molecule has 1 amide bonds. The molecular formula is C28H35ClN4O. The number of rotatable bonds is 6. The summed E-state index contributed by atoms with van der Waals surface area (Å²) in [5.41, 5.74) is 3.79. The lowest BCUT2D eigenvalue weighted by Gasteiger charge is -2.38. The van der Waals surface area contributed by atoms with Crippen LogP contribution in [0.3, 0.4) is 0 Å². The molecule has 1 aromatic heterocycles. The van der Waals surface area contributed by atoms with Gasteiger partial charge in [-0.3, -0.25) is 9.69 Å². The second kappa shape index (κ2) is 10.5. The standard InChI is InChI=1S/C28H35ClN4O/c1-2-30-14-16-32(17-15-30)28(34)23-10-12-31(13-11-23)21-26-19-24-7-3-4-9-27(24)33(26)20-22-6-5-8-25(29)18-22/h3-9,18-19,23H,2,10-17,20-21H2,1H3. The quantitative estimate of drug-likeness (QED) is 0.513. The number of carbonyl (C=O) groups is 1. The highest BCUT2D eigenvalue weighted by molar-refractivity contribution is 6.30. The van der Waals surface area contributed by atoms with E-state index in [1.165, 1.54) is 22.2 Å². The Morgan fingerprint density at radius 3 is 2.38 bits per heavy atom. The molecule has 0 unspecified atom stereocenters. The highest BCUT2D eigenvalue weighted by Gasteiger charge is 2.30. The summed E-state index contributed by atoms with van der Waals surface area (Å²) in [5, 5.41) is 2.05. The maximum Gasteiger partial charge on any atom is 0.225 e. The number of carbonyl (C=O) groups excluding carboxylic acids is 1. The third-order valence-corrected chi connectivity index (χ3v) is 7.81. The van der Waals surface area contributed by atoms with Crippen LogP contribution in [0.25, 0.3) is 10.9 Å². The number of hydrogen-bond donors (Lipinski definition) is 0. The van der Waals surface area contributed by atoms with Gasteiger partial charge < -0.3 is 14.4 Å². The van der Waals surface area contributed by atoms with Gasteiger partial charge in [-0.25, -0.2) is 0 Å². The summed E-state index contributed by atoms with van der Waals surface area (Å²) < 4.78 is 2.42. The molecule has 2 aliphatic heterocycles. The second-order valence-electron chi connectivity index (χ2n) is 9.72. The van der Waals surface area contributed by atoms with Crippen molar-refractivity contribution in [1.82, 2.24) is 19.3 Å². The van der Waals surface area contributed by atoms with Crippen molar-refractivity contribution < 1.29 is 4.79 Å². The number of hydrogen-bond acceptors (Lipinski definition) is 3. The van der Waals surface area contributed by atoms with E-state index in [2.05, 4.69) is 68.7 Å². The van der Waals surface area contributed by atoms with E-state index in [1.54, 1.807) is 0 Å². The number of halogens is 1. The molecule has 0 aliphatic carbocycles. The van der Waals surface area contributed by atoms with E-state index in [9.17, 15) is 4.79 Å². The summed E-state index contributed by atoms with van der Waals surface area (Å²) in [6, 6.07) is 19.1. The van der Waals surface area contributed by atoms with Crippen molar-refractivity contribution in [3.05, 3.63) is 70.9 Å². The number of aromatic nitrogens is 1. The number of piperidine rings is 1. The van der Waals surface area contributed by atoms with E-state index in [0.29, 0.717) is 5.91 Å². The molecule has 0 saturated carbocycles. The number of para-hydroxylation sites is 1. The van der Waals surface area contributed by atoms with Crippen LogP contribution in [-0.4, -0.2) is 71.0 Å². The number of likely N-dealkylation sites (tertiary alicyclic amines) is 1. The molecule has 2 saturated heterocycles. The number of amides is 1. The third kappa shape index (κ3) is 5.17. The smallest absolute Gasteiger partial charge is 0.225 e. The minimum atomic E-state index is 0.182. The van der Waals surface area contributed by atoms with Crippen LogP contribution in [0.1, 0.15) is 31.0 Å². The molecule has 2 aromatic carbocycles. The van der Waals surface area contributed by atoms with Crippen molar-refractivity contribution in [3.63, 3.8) is 0 Å². The molecule has 3 heterocycles. The molecule has 0 bridgehead atoms. The number of fused-ring (bicyclic) bond motifs is 1. The number of likely N-dealkylation sites (N-methyl/N-ethyl adjacent to an activating group) is 1. The lowest BCUT2D eigenvalue weighted by atomic mass is 9.95. The first-order valence-corrected chi connectivity index (χ1v) is 13.0. The predicted octanol–water partition coefficient (Wildman–Crippen LogP) is 4.72. The summed E-state index contributed by atoms with van der Waals surface area (Å²) in [6.07, 6.45) is 1.92. The molecule has 0 radical (unpaired) electrons. The fourth-order valence-electron chi connectivity index (χ4n) is 5.51. The van der Waals surface area contributed by atoms with Crippen molar-refractivity contribution in [2.24, 2.45) is 5.92 Å². The van der Waals surface area contributed by atoms with Crippen molar-refractivity contribution >= 4 is 28.4 Å². The Bertz CT molecular complexity index is 1130. The van der Waals surface area contributed by atoms with Gasteiger partial charge in [0.15, 0.2) is 0 Å². The zero-order valence-corrected chi connectivity index (χ0v) is 20.9. The second-order valence-corrected chi connectivity index (χ2v) is 10.2. The first-order chi connectivity index (χ1) is 16.6. The summed E-state index contributed by atoms with van der Waals surface area (Å²) in [4.78, 5) is 20.1. The molecule has 6 heteroatoms. The molecule has 5 rings (SSSR count). The Kier molecular flexibility index (Phi) is 7.23. The van der Waals surface area contributed by atoms with Gasteiger partial charge in [-0.15, -0.1) is 0 Å². The predicted molar refractivity (Wildman–Crippen MR) is 139 cm³/mol. The Morgan fingerprint density at radius 1 is 0.882 bits per heavy atom. The first kappa shape index (κ1) is 23.4. The maximum absolute atomic E-state index is 13.1. The van der Waals surface area contributed by atoms with Crippen molar-refractivity contribution in [1.29, 1.82) is 0 Å². The van der Waals surface area contributed by atoms with E-state index in [4.69, 9.17) is 11.6 Å². The molecule has 34 heavy (non-hydrogen) atoms. The highest BCUT2D eigenvalue weighted by atomic mass is 35.5. The van der Waals surface area contributed by atoms with Crippen LogP contribution >= 0.6 is 11.6 Å². The van der Waals surface area contributed by atoms with Crippen LogP contribution in [0.2, 0.25) is 5.02 Å². The molecule has 2 fully saturated rings. The van der Waals surface area contributed by atoms with Gasteiger partial charge >= 0.3 is 0 Å². The van der Waals surface area contributed by atoms with E-state index in [0.717, 1.165) is 76.8 Å². The van der Waals surface area contributed by atoms with Gasteiger partial charge in [0.05, 0.1) is 0 Å². The Balaban J connectivity index is 1.24. The van der Waals surface area contributed by atoms with E-state index in [1.807, 2.05) is 12.1 Å². The lowest BCUT2D eigenvalue weighted by molar-refractivity contribution is -0.138. The van der Waals surface area contributed by atoms with Crippen molar-refractivity contribution in [2.75, 3.05) is 45.8 Å². The van der Waals surface area contributed by atoms with Crippen LogP contribution in [0.15, 0.2) is 54.6 Å². The van der Waals surface area contributed by atoms with E-state index >= 15 is 0 Å². The first-order valence-electron chi connectivity index (χ1n) is 12.7. The zero-order chi connectivity index (χ0) is 23.5. The molecule has 0 spiro atoms. The summed E-state index contributed by atoms with van der Waals surface area (Å²) >= 11 is 6.26. The van der Waals surface area contributed by atoms with E-state index < -0.39 is 0 Å². The van der Waals surface area contributed by atoms with E-state index in [-0.39, 0.29) is 5.92 Å². The monoisotopic (exact) mass is 478 g/mol. The van der Waals surface area contributed by atoms with Crippen LogP contribution in [0, 0.1) is 5.92 Å². The van der Waals surface area contributed by atoms with Gasteiger partial charge in [0.2, 0.25) is 5.91 Å². The van der Waals surface area contributed by atoms with Gasteiger partial charge in [-0.05, 0) is 67.7 Å². The molecule has 2 aliphatic rings. The summed E-state index contributed by atoms with van der Waals surface area (Å²) in [7, 11) is 0. The van der Waals surface area contributed by atoms with Gasteiger partial charge in [-0.1, -0.05) is 48.9 Å². The molecule has 5 nitrogen and oxygen atoms in total. The van der Waals surface area contributed by atoms with Crippen molar-refractivity contribution in [2.45, 2.75) is 32.9 Å². The Hall–Kier alpha value is -2.34. The summed E-state index contributed by atoms with van der Waals surface area (Å²) in [5.74, 6) is 0.562. The molecule has 180 valence electrons. The average Bonchev–Trinajstić information content (AvgIpc) is 3.21. The Morgan fingerprint density at radius 2 is 1.65 bits per heavy atom. The average molecular weight is 479 g/mol. The van der Waals surface area contributed by atoms with Crippen LogP contribution in [-0.2, 0) is 17.9 Å². The number of nitrogens with zero attached hydrogens (tertiary/aromatic N) is 4.